The van der Waals surface area contributed by atoms with E-state index in [4.69, 9.17) is 36.6 Å². The van der Waals surface area contributed by atoms with Gasteiger partial charge < -0.3 is 35.3 Å². The fourth-order valence-corrected chi connectivity index (χ4v) is 9.27. The van der Waals surface area contributed by atoms with Gasteiger partial charge in [0.1, 0.15) is 18.2 Å². The number of nitrogens with one attached hydrogen (secondary N) is 2. The predicted octanol–water partition coefficient (Wildman–Crippen LogP) is 6.14. The maximum Gasteiger partial charge on any atom is 0.329 e. The van der Waals surface area contributed by atoms with Crippen LogP contribution < -0.4 is 35.6 Å². The van der Waals surface area contributed by atoms with Crippen LogP contribution in [0.5, 0.6) is 11.5 Å². The van der Waals surface area contributed by atoms with E-state index in [-0.39, 0.29) is 72.9 Å². The van der Waals surface area contributed by atoms with Gasteiger partial charge >= 0.3 is 6.03 Å². The number of aromatic nitrogens is 2. The lowest BCUT2D eigenvalue weighted by Crippen LogP contribution is -2.49. The van der Waals surface area contributed by atoms with Gasteiger partial charge in [-0.3, -0.25) is 24.5 Å². The number of carbonyl (C=O) groups is 3. The number of benzene rings is 4. The molecule has 4 heterocycles. The molecule has 8 rings (SSSR count). The van der Waals surface area contributed by atoms with E-state index in [1.54, 1.807) is 4.68 Å². The molecule has 4 aromatic carbocycles. The van der Waals surface area contributed by atoms with Gasteiger partial charge in [0.15, 0.2) is 23.0 Å². The van der Waals surface area contributed by atoms with Crippen LogP contribution >= 0.6 is 11.6 Å². The number of nitrogens with two attached hydrogens (primary N) is 1. The van der Waals surface area contributed by atoms with Crippen molar-refractivity contribution in [2.45, 2.75) is 50.2 Å². The standard InChI is InChI=1S/C45H48ClF2N7O7/c1-26-36-34(23-31(47)39(46)38(36)37-29(42(49)58)14-15-33(40(37)48)61-22-20-56)62-45(26,27-9-4-3-5-10-27)25-50-17-8-21-60-28-11-7-18-54(24-28)32-13-6-12-30-41(32)53(2)52-43(30)55-19-16-35(57)51-44(55)59/h3-6,9-10,12-15,23,26,28,50,56H,7-8,11,16-22,24-25H2,1-2H3,(H2,49,58)(H,51,57,59)/t26-,28-,45-/m0/s1. The van der Waals surface area contributed by atoms with Crippen molar-refractivity contribution in [3.63, 3.8) is 0 Å². The summed E-state index contributed by atoms with van der Waals surface area (Å²) < 4.78 is 52.5. The number of aliphatic hydroxyl groups is 1. The summed E-state index contributed by atoms with van der Waals surface area (Å²) in [6.07, 6.45) is 2.68. The molecule has 5 N–H and O–H groups in total. The van der Waals surface area contributed by atoms with Crippen LogP contribution in [-0.2, 0) is 22.2 Å². The van der Waals surface area contributed by atoms with Crippen molar-refractivity contribution in [2.24, 2.45) is 12.8 Å². The number of fused-ring (bicyclic) bond motifs is 2. The number of nitrogens with zero attached hydrogens (tertiary/aromatic N) is 4. The zero-order valence-corrected chi connectivity index (χ0v) is 35.1. The van der Waals surface area contributed by atoms with Crippen LogP contribution in [0.4, 0.5) is 25.1 Å². The van der Waals surface area contributed by atoms with Crippen molar-refractivity contribution < 1.29 is 42.5 Å². The summed E-state index contributed by atoms with van der Waals surface area (Å²) in [5.41, 5.74) is 7.11. The second kappa shape index (κ2) is 17.9. The number of amides is 4. The van der Waals surface area contributed by atoms with Crippen LogP contribution in [-0.4, -0.2) is 91.4 Å². The number of ether oxygens (including phenoxy) is 3. The van der Waals surface area contributed by atoms with Crippen molar-refractivity contribution in [2.75, 3.05) is 62.3 Å². The molecule has 62 heavy (non-hydrogen) atoms. The molecule has 0 aliphatic carbocycles. The van der Waals surface area contributed by atoms with E-state index in [2.05, 4.69) is 21.6 Å². The lowest BCUT2D eigenvalue weighted by Gasteiger charge is -2.35. The molecule has 14 nitrogen and oxygen atoms in total. The second-order valence-electron chi connectivity index (χ2n) is 15.8. The van der Waals surface area contributed by atoms with Crippen molar-refractivity contribution in [3.8, 4) is 22.6 Å². The van der Waals surface area contributed by atoms with Crippen LogP contribution in [0, 0.1) is 11.6 Å². The van der Waals surface area contributed by atoms with E-state index in [0.717, 1.165) is 41.5 Å². The Balaban J connectivity index is 0.964. The molecular weight excluding hydrogens is 824 g/mol. The monoisotopic (exact) mass is 871 g/mol. The number of aryl methyl sites for hydroxylation is 1. The number of anilines is 2. The first kappa shape index (κ1) is 42.9. The summed E-state index contributed by atoms with van der Waals surface area (Å²) in [6, 6.07) is 18.6. The SMILES string of the molecule is C[C@H]1c2c(cc(F)c(Cl)c2-c2c(C(N)=O)ccc(OCCO)c2F)O[C@]1(CNCCCO[C@H]1CCCN(c2cccc3c(N4CCC(=O)NC4=O)nn(C)c23)C1)c1ccccc1. The molecular formula is C45H48ClF2N7O7. The second-order valence-corrected chi connectivity index (χ2v) is 16.1. The fraction of sp³-hybridized carbons (Fsp3) is 0.378. The van der Waals surface area contributed by atoms with Crippen molar-refractivity contribution in [1.29, 1.82) is 0 Å². The Morgan fingerprint density at radius 3 is 2.66 bits per heavy atom. The average molecular weight is 872 g/mol. The number of rotatable bonds is 15. The Morgan fingerprint density at radius 2 is 1.90 bits per heavy atom. The minimum Gasteiger partial charge on any atom is -0.488 e. The van der Waals surface area contributed by atoms with Crippen LogP contribution in [0.25, 0.3) is 22.0 Å². The highest BCUT2D eigenvalue weighted by Gasteiger charge is 2.50. The normalized spacial score (nSPS) is 20.0. The Hall–Kier alpha value is -5.81. The minimum absolute atomic E-state index is 0.0229. The summed E-state index contributed by atoms with van der Waals surface area (Å²) in [5, 5.41) is 20.4. The number of hydrogen-bond donors (Lipinski definition) is 4. The molecule has 3 atom stereocenters. The fourth-order valence-electron chi connectivity index (χ4n) is 9.02. The van der Waals surface area contributed by atoms with E-state index < -0.39 is 40.1 Å². The van der Waals surface area contributed by atoms with E-state index >= 15 is 8.78 Å². The Bertz CT molecular complexity index is 2520. The highest BCUT2D eigenvalue weighted by Crippen LogP contribution is 2.56. The van der Waals surface area contributed by atoms with E-state index in [1.165, 1.54) is 23.1 Å². The first-order valence-corrected chi connectivity index (χ1v) is 21.1. The summed E-state index contributed by atoms with van der Waals surface area (Å²) >= 11 is 6.67. The van der Waals surface area contributed by atoms with Gasteiger partial charge in [-0.25, -0.2) is 13.6 Å². The molecule has 17 heteroatoms. The number of para-hydroxylation sites is 1. The number of primary amides is 1. The zero-order chi connectivity index (χ0) is 43.7. The molecule has 0 bridgehead atoms. The summed E-state index contributed by atoms with van der Waals surface area (Å²) in [5.74, 6) is -3.24. The maximum absolute atomic E-state index is 16.4. The molecule has 4 amide bonds. The zero-order valence-electron chi connectivity index (χ0n) is 34.4. The van der Waals surface area contributed by atoms with Gasteiger partial charge in [0.2, 0.25) is 11.8 Å². The van der Waals surface area contributed by atoms with Gasteiger partial charge in [-0.05, 0) is 55.6 Å². The molecule has 326 valence electrons. The number of imide groups is 1. The van der Waals surface area contributed by atoms with E-state index in [1.807, 2.05) is 56.4 Å². The molecule has 2 saturated heterocycles. The average Bonchev–Trinajstić information content (AvgIpc) is 3.75. The molecule has 0 spiro atoms. The van der Waals surface area contributed by atoms with E-state index in [0.29, 0.717) is 37.5 Å². The molecule has 0 radical (unpaired) electrons. The molecule has 3 aliphatic rings. The van der Waals surface area contributed by atoms with Crippen LogP contribution in [0.15, 0.2) is 66.7 Å². The lowest BCUT2D eigenvalue weighted by atomic mass is 9.77. The molecule has 5 aromatic rings. The molecule has 0 unspecified atom stereocenters. The Labute approximate surface area is 361 Å². The molecule has 1 aromatic heterocycles. The van der Waals surface area contributed by atoms with Gasteiger partial charge in [0, 0.05) is 80.3 Å². The van der Waals surface area contributed by atoms with Gasteiger partial charge in [0.25, 0.3) is 0 Å². The summed E-state index contributed by atoms with van der Waals surface area (Å²) in [4.78, 5) is 41.0. The smallest absolute Gasteiger partial charge is 0.329 e. The number of halogens is 3. The Kier molecular flexibility index (Phi) is 12.4. The van der Waals surface area contributed by atoms with Crippen LogP contribution in [0.2, 0.25) is 5.02 Å². The lowest BCUT2D eigenvalue weighted by molar-refractivity contribution is -0.120. The number of carbonyl (C=O) groups excluding carboxylic acids is 3. The van der Waals surface area contributed by atoms with Crippen LogP contribution in [0.3, 0.4) is 0 Å². The molecule has 3 aliphatic heterocycles. The number of hydrogen-bond acceptors (Lipinski definition) is 10. The third-order valence-corrected chi connectivity index (χ3v) is 12.3. The van der Waals surface area contributed by atoms with Gasteiger partial charge in [-0.1, -0.05) is 54.9 Å². The number of piperidine rings is 1. The van der Waals surface area contributed by atoms with Crippen LogP contribution in [0.1, 0.15) is 60.0 Å². The van der Waals surface area contributed by atoms with Gasteiger partial charge in [-0.15, -0.1) is 0 Å². The minimum atomic E-state index is -1.10. The molecule has 2 fully saturated rings. The van der Waals surface area contributed by atoms with Gasteiger partial charge in [-0.2, -0.15) is 5.10 Å². The Morgan fingerprint density at radius 1 is 1.10 bits per heavy atom. The first-order chi connectivity index (χ1) is 29.9. The third-order valence-electron chi connectivity index (χ3n) is 12.0. The number of aliphatic hydroxyl groups excluding tert-OH is 1. The van der Waals surface area contributed by atoms with E-state index in [9.17, 15) is 19.5 Å². The summed E-state index contributed by atoms with van der Waals surface area (Å²) in [6.45, 7) is 4.37. The highest BCUT2D eigenvalue weighted by molar-refractivity contribution is 6.34. The van der Waals surface area contributed by atoms with Gasteiger partial charge in [0.05, 0.1) is 34.5 Å². The maximum atomic E-state index is 16.4. The quantitative estimate of drug-likeness (QED) is 0.0895. The largest absolute Gasteiger partial charge is 0.488 e. The first-order valence-electron chi connectivity index (χ1n) is 20.7. The van der Waals surface area contributed by atoms with Crippen molar-refractivity contribution in [3.05, 3.63) is 100 Å². The summed E-state index contributed by atoms with van der Waals surface area (Å²) in [7, 11) is 1.85. The topological polar surface area (TPSA) is 174 Å². The molecule has 0 saturated carbocycles. The number of urea groups is 1. The highest BCUT2D eigenvalue weighted by atomic mass is 35.5. The third kappa shape index (κ3) is 7.91. The van der Waals surface area contributed by atoms with Crippen molar-refractivity contribution >= 4 is 51.9 Å². The van der Waals surface area contributed by atoms with Crippen molar-refractivity contribution in [1.82, 2.24) is 20.4 Å². The predicted molar refractivity (Wildman–Crippen MR) is 230 cm³/mol.